The molecule has 0 saturated carbocycles. The van der Waals surface area contributed by atoms with E-state index in [9.17, 15) is 0 Å². The van der Waals surface area contributed by atoms with Gasteiger partial charge < -0.3 is 15.5 Å². The molecule has 2 aliphatic heterocycles. The molecule has 1 atom stereocenters. The summed E-state index contributed by atoms with van der Waals surface area (Å²) in [6, 6.07) is 0.693. The van der Waals surface area contributed by atoms with Gasteiger partial charge in [-0.25, -0.2) is 0 Å². The monoisotopic (exact) mass is 275 g/mol. The highest BCUT2D eigenvalue weighted by Gasteiger charge is 2.22. The summed E-state index contributed by atoms with van der Waals surface area (Å²) in [6.07, 6.45) is 10.3. The van der Waals surface area contributed by atoms with Crippen LogP contribution in [0.3, 0.4) is 0 Å². The zero-order valence-electron chi connectivity index (χ0n) is 13.0. The number of nitrogens with one attached hydrogen (secondary N) is 2. The molecule has 20 heavy (non-hydrogen) atoms. The van der Waals surface area contributed by atoms with E-state index in [-0.39, 0.29) is 0 Å². The van der Waals surface area contributed by atoms with Gasteiger partial charge in [-0.05, 0) is 50.4 Å². The molecule has 1 fully saturated rings. The summed E-state index contributed by atoms with van der Waals surface area (Å²) in [6.45, 7) is 10.7. The molecule has 2 rings (SSSR count). The number of piperidine rings is 1. The van der Waals surface area contributed by atoms with Crippen LogP contribution >= 0.6 is 0 Å². The average molecular weight is 275 g/mol. The molecule has 0 amide bonds. The molecular formula is C17H29N3. The Balaban J connectivity index is 2.06. The molecule has 0 bridgehead atoms. The third kappa shape index (κ3) is 4.22. The van der Waals surface area contributed by atoms with E-state index in [2.05, 4.69) is 54.3 Å². The molecule has 0 aromatic carbocycles. The fourth-order valence-electron chi connectivity index (χ4n) is 3.06. The maximum atomic E-state index is 4.07. The molecule has 0 aromatic rings. The molecule has 0 spiro atoms. The first kappa shape index (κ1) is 15.3. The molecule has 2 aliphatic rings. The van der Waals surface area contributed by atoms with Crippen molar-refractivity contribution in [2.45, 2.75) is 32.2 Å². The summed E-state index contributed by atoms with van der Waals surface area (Å²) in [5.74, 6) is 0.615. The lowest BCUT2D eigenvalue weighted by atomic mass is 9.97. The van der Waals surface area contributed by atoms with E-state index in [1.165, 1.54) is 38.0 Å². The predicted octanol–water partition coefficient (Wildman–Crippen LogP) is 2.30. The topological polar surface area (TPSA) is 27.3 Å². The molecule has 2 heterocycles. The van der Waals surface area contributed by atoms with Gasteiger partial charge in [-0.15, -0.1) is 0 Å². The molecule has 112 valence electrons. The van der Waals surface area contributed by atoms with Crippen molar-refractivity contribution in [1.82, 2.24) is 15.5 Å². The molecule has 3 nitrogen and oxygen atoms in total. The molecule has 2 N–H and O–H groups in total. The van der Waals surface area contributed by atoms with E-state index in [1.54, 1.807) is 0 Å². The van der Waals surface area contributed by atoms with Gasteiger partial charge in [-0.2, -0.15) is 0 Å². The lowest BCUT2D eigenvalue weighted by Gasteiger charge is -2.37. The van der Waals surface area contributed by atoms with Gasteiger partial charge in [0.1, 0.15) is 0 Å². The van der Waals surface area contributed by atoms with E-state index >= 15 is 0 Å². The Kier molecular flexibility index (Phi) is 5.86. The number of rotatable bonds is 2. The fourth-order valence-corrected chi connectivity index (χ4v) is 3.06. The molecule has 1 unspecified atom stereocenters. The second-order valence-electron chi connectivity index (χ2n) is 6.03. The molecule has 0 radical (unpaired) electrons. The summed E-state index contributed by atoms with van der Waals surface area (Å²) in [5, 5.41) is 6.87. The van der Waals surface area contributed by atoms with Crippen molar-refractivity contribution in [3.63, 3.8) is 0 Å². The van der Waals surface area contributed by atoms with E-state index in [1.807, 2.05) is 0 Å². The van der Waals surface area contributed by atoms with Crippen LogP contribution in [0.25, 0.3) is 0 Å². The molecule has 0 aromatic heterocycles. The van der Waals surface area contributed by atoms with Gasteiger partial charge in [0.05, 0.1) is 0 Å². The van der Waals surface area contributed by atoms with E-state index in [0.717, 1.165) is 18.7 Å². The minimum atomic E-state index is 0.615. The quantitative estimate of drug-likeness (QED) is 0.810. The SMILES string of the molecule is C=C1/C=C\C=C(\N2CCC(NC)CC2)C(C)CCNC1. The van der Waals surface area contributed by atoms with Crippen LogP contribution in [0.5, 0.6) is 0 Å². The van der Waals surface area contributed by atoms with Crippen LogP contribution in [0.15, 0.2) is 36.1 Å². The Hall–Kier alpha value is -1.06. The van der Waals surface area contributed by atoms with Gasteiger partial charge in [0, 0.05) is 31.4 Å². The standard InChI is InChI=1S/C17H29N3/c1-14-5-4-6-17(15(2)7-10-19-13-14)20-11-8-16(18-3)9-12-20/h4-6,15-16,18-19H,1,7-13H2,2-3H3/b5-4-,17-6+. The van der Waals surface area contributed by atoms with E-state index < -0.39 is 0 Å². The second kappa shape index (κ2) is 7.65. The van der Waals surface area contributed by atoms with Gasteiger partial charge in [-0.3, -0.25) is 0 Å². The molecule has 1 saturated heterocycles. The van der Waals surface area contributed by atoms with Gasteiger partial charge in [0.15, 0.2) is 0 Å². The Morgan fingerprint density at radius 2 is 2.05 bits per heavy atom. The van der Waals surface area contributed by atoms with Crippen LogP contribution in [-0.4, -0.2) is 44.2 Å². The zero-order chi connectivity index (χ0) is 14.4. The molecular weight excluding hydrogens is 246 g/mol. The van der Waals surface area contributed by atoms with E-state index in [4.69, 9.17) is 0 Å². The van der Waals surface area contributed by atoms with Crippen molar-refractivity contribution in [3.8, 4) is 0 Å². The van der Waals surface area contributed by atoms with Crippen molar-refractivity contribution in [3.05, 3.63) is 36.1 Å². The first-order chi connectivity index (χ1) is 9.70. The van der Waals surface area contributed by atoms with Crippen LogP contribution in [0.1, 0.15) is 26.2 Å². The second-order valence-corrected chi connectivity index (χ2v) is 6.03. The highest BCUT2D eigenvalue weighted by Crippen LogP contribution is 2.23. The maximum absolute atomic E-state index is 4.07. The van der Waals surface area contributed by atoms with Crippen LogP contribution < -0.4 is 10.6 Å². The van der Waals surface area contributed by atoms with Gasteiger partial charge >= 0.3 is 0 Å². The smallest absolute Gasteiger partial charge is 0.0199 e. The van der Waals surface area contributed by atoms with Crippen molar-refractivity contribution in [2.75, 3.05) is 33.2 Å². The first-order valence-corrected chi connectivity index (χ1v) is 7.89. The summed E-state index contributed by atoms with van der Waals surface area (Å²) < 4.78 is 0. The van der Waals surface area contributed by atoms with Crippen molar-refractivity contribution in [2.24, 2.45) is 5.92 Å². The fraction of sp³-hybridized carbons (Fsp3) is 0.647. The van der Waals surface area contributed by atoms with E-state index in [0.29, 0.717) is 12.0 Å². The highest BCUT2D eigenvalue weighted by molar-refractivity contribution is 5.24. The summed E-state index contributed by atoms with van der Waals surface area (Å²) in [4.78, 5) is 2.58. The Bertz CT molecular complexity index is 376. The van der Waals surface area contributed by atoms with Crippen LogP contribution in [0, 0.1) is 5.92 Å². The van der Waals surface area contributed by atoms with Crippen molar-refractivity contribution in [1.29, 1.82) is 0 Å². The third-order valence-electron chi connectivity index (χ3n) is 4.48. The summed E-state index contributed by atoms with van der Waals surface area (Å²) >= 11 is 0. The first-order valence-electron chi connectivity index (χ1n) is 7.89. The lowest BCUT2D eigenvalue weighted by molar-refractivity contribution is 0.225. The van der Waals surface area contributed by atoms with Gasteiger partial charge in [0.2, 0.25) is 0 Å². The lowest BCUT2D eigenvalue weighted by Crippen LogP contribution is -2.42. The Morgan fingerprint density at radius 3 is 2.75 bits per heavy atom. The van der Waals surface area contributed by atoms with Crippen LogP contribution in [0.2, 0.25) is 0 Å². The Morgan fingerprint density at radius 1 is 1.30 bits per heavy atom. The normalized spacial score (nSPS) is 30.7. The molecule has 3 heteroatoms. The number of hydrogen-bond acceptors (Lipinski definition) is 3. The highest BCUT2D eigenvalue weighted by atomic mass is 15.2. The minimum absolute atomic E-state index is 0.615. The average Bonchev–Trinajstić information content (AvgIpc) is 2.48. The number of hydrogen-bond donors (Lipinski definition) is 2. The number of nitrogens with zero attached hydrogens (tertiary/aromatic N) is 1. The van der Waals surface area contributed by atoms with Gasteiger partial charge in [0.25, 0.3) is 0 Å². The summed E-state index contributed by atoms with van der Waals surface area (Å²) in [5.41, 5.74) is 2.65. The largest absolute Gasteiger partial charge is 0.374 e. The zero-order valence-corrected chi connectivity index (χ0v) is 13.0. The summed E-state index contributed by atoms with van der Waals surface area (Å²) in [7, 11) is 2.08. The Labute approximate surface area is 123 Å². The number of allylic oxidation sites excluding steroid dienone is 3. The third-order valence-corrected chi connectivity index (χ3v) is 4.48. The molecule has 0 aliphatic carbocycles. The predicted molar refractivity (Wildman–Crippen MR) is 86.7 cm³/mol. The number of likely N-dealkylation sites (tertiary alicyclic amines) is 1. The van der Waals surface area contributed by atoms with Gasteiger partial charge in [-0.1, -0.05) is 25.7 Å². The minimum Gasteiger partial charge on any atom is -0.374 e. The van der Waals surface area contributed by atoms with Crippen molar-refractivity contribution >= 4 is 0 Å². The van der Waals surface area contributed by atoms with Crippen LogP contribution in [0.4, 0.5) is 0 Å². The van der Waals surface area contributed by atoms with Crippen molar-refractivity contribution < 1.29 is 0 Å². The maximum Gasteiger partial charge on any atom is 0.0199 e. The van der Waals surface area contributed by atoms with Crippen LogP contribution in [-0.2, 0) is 0 Å².